The van der Waals surface area contributed by atoms with Crippen LogP contribution in [0.4, 0.5) is 13.2 Å². The predicted octanol–water partition coefficient (Wildman–Crippen LogP) is 2.14. The molecule has 0 aliphatic heterocycles. The Hall–Kier alpha value is -1.57. The Labute approximate surface area is 120 Å². The first-order chi connectivity index (χ1) is 9.64. The molecule has 0 bridgehead atoms. The van der Waals surface area contributed by atoms with E-state index in [9.17, 15) is 26.4 Å². The predicted molar refractivity (Wildman–Crippen MR) is 69.2 cm³/mol. The number of rotatable bonds is 4. The Bertz CT molecular complexity index is 651. The number of halogens is 3. The molecule has 0 N–H and O–H groups in total. The van der Waals surface area contributed by atoms with Crippen molar-refractivity contribution < 1.29 is 26.4 Å². The molecule has 2 rings (SSSR count). The van der Waals surface area contributed by atoms with Crippen molar-refractivity contribution in [3.05, 3.63) is 29.8 Å². The minimum Gasteiger partial charge on any atom is -0.334 e. The monoisotopic (exact) mass is 321 g/mol. The largest absolute Gasteiger partial charge is 0.471 e. The number of amides is 1. The maximum atomic E-state index is 12.4. The van der Waals surface area contributed by atoms with E-state index < -0.39 is 33.7 Å². The van der Waals surface area contributed by atoms with Gasteiger partial charge in [0.2, 0.25) is 0 Å². The number of hydrogen-bond acceptors (Lipinski definition) is 3. The number of nitrogens with zero attached hydrogens (tertiary/aromatic N) is 1. The third-order valence-electron chi connectivity index (χ3n) is 3.24. The van der Waals surface area contributed by atoms with Gasteiger partial charge in [-0.1, -0.05) is 18.2 Å². The molecule has 0 aromatic heterocycles. The van der Waals surface area contributed by atoms with E-state index in [2.05, 4.69) is 0 Å². The molecule has 1 saturated carbocycles. The number of alkyl halides is 3. The Morgan fingerprint density at radius 2 is 1.86 bits per heavy atom. The molecule has 8 heteroatoms. The summed E-state index contributed by atoms with van der Waals surface area (Å²) in [6.45, 7) is -0.402. The zero-order valence-corrected chi connectivity index (χ0v) is 12.0. The van der Waals surface area contributed by atoms with Crippen LogP contribution in [0.15, 0.2) is 29.2 Å². The molecule has 116 valence electrons. The summed E-state index contributed by atoms with van der Waals surface area (Å²) in [6, 6.07) is 5.85. The minimum atomic E-state index is -4.97. The van der Waals surface area contributed by atoms with Gasteiger partial charge < -0.3 is 4.90 Å². The maximum absolute atomic E-state index is 12.4. The van der Waals surface area contributed by atoms with Crippen LogP contribution in [0.2, 0.25) is 0 Å². The van der Waals surface area contributed by atoms with Gasteiger partial charge >= 0.3 is 12.1 Å². The lowest BCUT2D eigenvalue weighted by Crippen LogP contribution is -2.38. The van der Waals surface area contributed by atoms with Crippen LogP contribution in [-0.4, -0.2) is 37.7 Å². The fourth-order valence-electron chi connectivity index (χ4n) is 2.01. The van der Waals surface area contributed by atoms with Gasteiger partial charge in [0, 0.05) is 13.6 Å². The summed E-state index contributed by atoms with van der Waals surface area (Å²) in [5, 5.41) is -0.456. The van der Waals surface area contributed by atoms with Crippen LogP contribution in [0.25, 0.3) is 0 Å². The highest BCUT2D eigenvalue weighted by Gasteiger charge is 2.42. The van der Waals surface area contributed by atoms with E-state index in [0.29, 0.717) is 17.7 Å². The van der Waals surface area contributed by atoms with Crippen molar-refractivity contribution in [1.29, 1.82) is 0 Å². The fourth-order valence-corrected chi connectivity index (χ4v) is 3.90. The SMILES string of the molecule is CN(Cc1ccccc1S(=O)(=O)C1CC1)C(=O)C(F)(F)F. The summed E-state index contributed by atoms with van der Waals surface area (Å²) in [5.41, 5.74) is 0.199. The fraction of sp³-hybridized carbons (Fsp3) is 0.462. The van der Waals surface area contributed by atoms with Crippen LogP contribution in [0, 0.1) is 0 Å². The second kappa shape index (κ2) is 5.32. The Morgan fingerprint density at radius 1 is 1.29 bits per heavy atom. The maximum Gasteiger partial charge on any atom is 0.471 e. The molecule has 21 heavy (non-hydrogen) atoms. The van der Waals surface area contributed by atoms with Gasteiger partial charge in [-0.25, -0.2) is 8.42 Å². The highest BCUT2D eigenvalue weighted by Crippen LogP contribution is 2.35. The first-order valence-corrected chi connectivity index (χ1v) is 7.82. The first kappa shape index (κ1) is 15.8. The molecule has 0 spiro atoms. The van der Waals surface area contributed by atoms with E-state index in [1.54, 1.807) is 0 Å². The summed E-state index contributed by atoms with van der Waals surface area (Å²) in [6.07, 6.45) is -3.85. The quantitative estimate of drug-likeness (QED) is 0.854. The second-order valence-corrected chi connectivity index (χ2v) is 7.21. The van der Waals surface area contributed by atoms with E-state index in [4.69, 9.17) is 0 Å². The zero-order chi connectivity index (χ0) is 15.8. The number of hydrogen-bond donors (Lipinski definition) is 0. The molecule has 0 saturated heterocycles. The lowest BCUT2D eigenvalue weighted by Gasteiger charge is -2.20. The van der Waals surface area contributed by atoms with Crippen molar-refractivity contribution in [3.8, 4) is 0 Å². The van der Waals surface area contributed by atoms with Crippen LogP contribution >= 0.6 is 0 Å². The van der Waals surface area contributed by atoms with Crippen molar-refractivity contribution in [2.24, 2.45) is 0 Å². The van der Waals surface area contributed by atoms with Crippen molar-refractivity contribution >= 4 is 15.7 Å². The van der Waals surface area contributed by atoms with E-state index in [0.717, 1.165) is 7.05 Å². The third-order valence-corrected chi connectivity index (χ3v) is 5.60. The number of benzene rings is 1. The van der Waals surface area contributed by atoms with Crippen LogP contribution < -0.4 is 0 Å². The highest BCUT2D eigenvalue weighted by molar-refractivity contribution is 7.92. The van der Waals surface area contributed by atoms with Gasteiger partial charge in [-0.3, -0.25) is 4.79 Å². The van der Waals surface area contributed by atoms with Crippen LogP contribution in [-0.2, 0) is 21.2 Å². The molecule has 0 atom stereocenters. The number of carbonyl (C=O) groups is 1. The van der Waals surface area contributed by atoms with E-state index >= 15 is 0 Å². The van der Waals surface area contributed by atoms with Crippen molar-refractivity contribution in [2.75, 3.05) is 7.05 Å². The van der Waals surface area contributed by atoms with Gasteiger partial charge in [-0.05, 0) is 24.5 Å². The molecule has 4 nitrogen and oxygen atoms in total. The topological polar surface area (TPSA) is 54.5 Å². The molecule has 1 aromatic carbocycles. The van der Waals surface area contributed by atoms with Gasteiger partial charge in [0.15, 0.2) is 9.84 Å². The molecular formula is C13H14F3NO3S. The van der Waals surface area contributed by atoms with Crippen molar-refractivity contribution in [1.82, 2.24) is 4.90 Å². The van der Waals surface area contributed by atoms with Crippen LogP contribution in [0.3, 0.4) is 0 Å². The molecule has 0 radical (unpaired) electrons. The van der Waals surface area contributed by atoms with Crippen molar-refractivity contribution in [3.63, 3.8) is 0 Å². The Balaban J connectivity index is 2.28. The summed E-state index contributed by atoms with van der Waals surface area (Å²) >= 11 is 0. The molecule has 1 fully saturated rings. The van der Waals surface area contributed by atoms with Gasteiger partial charge in [0.25, 0.3) is 0 Å². The second-order valence-electron chi connectivity index (χ2n) is 5.01. The van der Waals surface area contributed by atoms with Gasteiger partial charge in [-0.2, -0.15) is 13.2 Å². The number of sulfone groups is 1. The molecule has 1 aromatic rings. The molecule has 1 aliphatic carbocycles. The third kappa shape index (κ3) is 3.37. The van der Waals surface area contributed by atoms with Crippen molar-refractivity contribution in [2.45, 2.75) is 35.7 Å². The van der Waals surface area contributed by atoms with E-state index in [-0.39, 0.29) is 10.5 Å². The average molecular weight is 321 g/mol. The Kier molecular flexibility index (Phi) is 4.01. The molecule has 1 aliphatic rings. The summed E-state index contributed by atoms with van der Waals surface area (Å²) in [4.78, 5) is 11.6. The van der Waals surface area contributed by atoms with Gasteiger partial charge in [0.05, 0.1) is 10.1 Å². The molecule has 0 unspecified atom stereocenters. The zero-order valence-electron chi connectivity index (χ0n) is 11.2. The smallest absolute Gasteiger partial charge is 0.334 e. The summed E-state index contributed by atoms with van der Waals surface area (Å²) in [7, 11) is -2.53. The molecule has 1 amide bonds. The number of carbonyl (C=O) groups excluding carboxylic acids is 1. The lowest BCUT2D eigenvalue weighted by molar-refractivity contribution is -0.184. The minimum absolute atomic E-state index is 0.00863. The van der Waals surface area contributed by atoms with Gasteiger partial charge in [0.1, 0.15) is 0 Å². The van der Waals surface area contributed by atoms with Crippen LogP contribution in [0.5, 0.6) is 0 Å². The lowest BCUT2D eigenvalue weighted by atomic mass is 10.2. The van der Waals surface area contributed by atoms with Gasteiger partial charge in [-0.15, -0.1) is 0 Å². The molecule has 0 heterocycles. The van der Waals surface area contributed by atoms with Crippen LogP contribution in [0.1, 0.15) is 18.4 Å². The highest BCUT2D eigenvalue weighted by atomic mass is 32.2. The Morgan fingerprint density at radius 3 is 2.38 bits per heavy atom. The standard InChI is InChI=1S/C13H14F3NO3S/c1-17(12(18)13(14,15)16)8-9-4-2-3-5-11(9)21(19,20)10-6-7-10/h2-5,10H,6-8H2,1H3. The first-order valence-electron chi connectivity index (χ1n) is 6.28. The molecular weight excluding hydrogens is 307 g/mol. The van der Waals surface area contributed by atoms with E-state index in [1.165, 1.54) is 24.3 Å². The normalized spacial score (nSPS) is 15.8. The summed E-state index contributed by atoms with van der Waals surface area (Å²) < 4.78 is 61.6. The van der Waals surface area contributed by atoms with E-state index in [1.807, 2.05) is 0 Å². The summed E-state index contributed by atoms with van der Waals surface area (Å²) in [5.74, 6) is -2.00. The average Bonchev–Trinajstić information content (AvgIpc) is 3.21.